The molecule has 1 aromatic carbocycles. The molecule has 3 nitrogen and oxygen atoms in total. The van der Waals surface area contributed by atoms with Crippen molar-refractivity contribution in [1.29, 1.82) is 0 Å². The lowest BCUT2D eigenvalue weighted by Crippen LogP contribution is -2.12. The third kappa shape index (κ3) is 5.21. The van der Waals surface area contributed by atoms with E-state index in [1.807, 2.05) is 31.2 Å². The number of amides is 1. The number of ether oxygens (including phenoxy) is 1. The highest BCUT2D eigenvalue weighted by atomic mass is 16.5. The molecule has 1 rings (SSSR count). The number of benzene rings is 1. The molecule has 0 atom stereocenters. The average molecular weight is 249 g/mol. The summed E-state index contributed by atoms with van der Waals surface area (Å²) in [6.07, 6.45) is 5.05. The van der Waals surface area contributed by atoms with Crippen molar-refractivity contribution < 1.29 is 9.53 Å². The van der Waals surface area contributed by atoms with Gasteiger partial charge in [-0.3, -0.25) is 4.79 Å². The molecule has 0 fully saturated rings. The summed E-state index contributed by atoms with van der Waals surface area (Å²) in [5.41, 5.74) is 0.764. The van der Waals surface area contributed by atoms with Crippen LogP contribution in [0.1, 0.15) is 46.0 Å². The van der Waals surface area contributed by atoms with Gasteiger partial charge in [-0.05, 0) is 25.5 Å². The summed E-state index contributed by atoms with van der Waals surface area (Å²) in [5, 5.41) is 2.91. The highest BCUT2D eigenvalue weighted by molar-refractivity contribution is 5.92. The second kappa shape index (κ2) is 8.56. The van der Waals surface area contributed by atoms with Crippen molar-refractivity contribution in [3.8, 4) is 5.75 Å². The number of carbonyl (C=O) groups is 1. The van der Waals surface area contributed by atoms with Crippen LogP contribution in [0.4, 0.5) is 5.69 Å². The standard InChI is InChI=1S/C15H23NO2/c1-3-5-6-7-12-15(17)16-13-10-8-9-11-14(13)18-4-2/h8-11H,3-7,12H2,1-2H3,(H,16,17). The Labute approximate surface area is 110 Å². The maximum absolute atomic E-state index is 11.8. The maximum atomic E-state index is 11.8. The Morgan fingerprint density at radius 2 is 1.94 bits per heavy atom. The van der Waals surface area contributed by atoms with E-state index in [1.54, 1.807) is 0 Å². The van der Waals surface area contributed by atoms with Crippen molar-refractivity contribution in [1.82, 2.24) is 0 Å². The first kappa shape index (κ1) is 14.6. The predicted octanol–water partition coefficient (Wildman–Crippen LogP) is 3.99. The molecule has 1 aromatic rings. The van der Waals surface area contributed by atoms with E-state index in [-0.39, 0.29) is 5.91 Å². The van der Waals surface area contributed by atoms with Crippen molar-refractivity contribution in [3.05, 3.63) is 24.3 Å². The van der Waals surface area contributed by atoms with Gasteiger partial charge >= 0.3 is 0 Å². The summed E-state index contributed by atoms with van der Waals surface area (Å²) in [5.74, 6) is 0.806. The first-order chi connectivity index (χ1) is 8.77. The Bertz CT molecular complexity index is 363. The van der Waals surface area contributed by atoms with Crippen LogP contribution in [0.5, 0.6) is 5.75 Å². The summed E-state index contributed by atoms with van der Waals surface area (Å²) in [6.45, 7) is 4.70. The second-order valence-electron chi connectivity index (χ2n) is 4.29. The van der Waals surface area contributed by atoms with Crippen LogP contribution in [0, 0.1) is 0 Å². The monoisotopic (exact) mass is 249 g/mol. The molecule has 18 heavy (non-hydrogen) atoms. The van der Waals surface area contributed by atoms with Gasteiger partial charge in [-0.15, -0.1) is 0 Å². The zero-order valence-electron chi connectivity index (χ0n) is 11.4. The van der Waals surface area contributed by atoms with E-state index in [0.717, 1.165) is 24.3 Å². The van der Waals surface area contributed by atoms with Crippen LogP contribution in [0.15, 0.2) is 24.3 Å². The Morgan fingerprint density at radius 3 is 2.67 bits per heavy atom. The van der Waals surface area contributed by atoms with Crippen LogP contribution in [0.3, 0.4) is 0 Å². The van der Waals surface area contributed by atoms with E-state index in [4.69, 9.17) is 4.74 Å². The van der Waals surface area contributed by atoms with Crippen molar-refractivity contribution in [2.45, 2.75) is 46.0 Å². The number of anilines is 1. The lowest BCUT2D eigenvalue weighted by atomic mass is 10.1. The van der Waals surface area contributed by atoms with E-state index in [1.165, 1.54) is 12.8 Å². The first-order valence-electron chi connectivity index (χ1n) is 6.79. The van der Waals surface area contributed by atoms with Gasteiger partial charge < -0.3 is 10.1 Å². The largest absolute Gasteiger partial charge is 0.492 e. The molecule has 3 heteroatoms. The van der Waals surface area contributed by atoms with E-state index >= 15 is 0 Å². The van der Waals surface area contributed by atoms with Crippen molar-refractivity contribution in [2.75, 3.05) is 11.9 Å². The van der Waals surface area contributed by atoms with Crippen molar-refractivity contribution in [2.24, 2.45) is 0 Å². The van der Waals surface area contributed by atoms with Gasteiger partial charge in [-0.25, -0.2) is 0 Å². The van der Waals surface area contributed by atoms with Crippen LogP contribution < -0.4 is 10.1 Å². The molecule has 0 unspecified atom stereocenters. The molecule has 1 N–H and O–H groups in total. The lowest BCUT2D eigenvalue weighted by Gasteiger charge is -2.11. The lowest BCUT2D eigenvalue weighted by molar-refractivity contribution is -0.116. The van der Waals surface area contributed by atoms with Gasteiger partial charge in [0.15, 0.2) is 0 Å². The summed E-state index contributed by atoms with van der Waals surface area (Å²) < 4.78 is 5.47. The Hall–Kier alpha value is -1.51. The fraction of sp³-hybridized carbons (Fsp3) is 0.533. The number of nitrogens with one attached hydrogen (secondary N) is 1. The van der Waals surface area contributed by atoms with Crippen LogP contribution in [0.25, 0.3) is 0 Å². The fourth-order valence-electron chi connectivity index (χ4n) is 1.78. The topological polar surface area (TPSA) is 38.3 Å². The number of unbranched alkanes of at least 4 members (excludes halogenated alkanes) is 3. The average Bonchev–Trinajstić information content (AvgIpc) is 2.37. The second-order valence-corrected chi connectivity index (χ2v) is 4.29. The van der Waals surface area contributed by atoms with Gasteiger partial charge in [-0.1, -0.05) is 38.3 Å². The number of para-hydroxylation sites is 2. The molecule has 0 radical (unpaired) electrons. The molecule has 0 aromatic heterocycles. The molecule has 0 saturated heterocycles. The molecule has 1 amide bonds. The molecule has 100 valence electrons. The summed E-state index contributed by atoms with van der Waals surface area (Å²) in [4.78, 5) is 11.8. The molecule has 0 aliphatic rings. The fourth-order valence-corrected chi connectivity index (χ4v) is 1.78. The van der Waals surface area contributed by atoms with E-state index in [9.17, 15) is 4.79 Å². The minimum Gasteiger partial charge on any atom is -0.492 e. The maximum Gasteiger partial charge on any atom is 0.224 e. The van der Waals surface area contributed by atoms with Gasteiger partial charge in [0.2, 0.25) is 5.91 Å². The SMILES string of the molecule is CCCCCCC(=O)Nc1ccccc1OCC. The third-order valence-electron chi connectivity index (χ3n) is 2.72. The molecule has 0 saturated carbocycles. The van der Waals surface area contributed by atoms with E-state index in [2.05, 4.69) is 12.2 Å². The molecule has 0 aliphatic carbocycles. The van der Waals surface area contributed by atoms with Crippen LogP contribution in [0.2, 0.25) is 0 Å². The van der Waals surface area contributed by atoms with Gasteiger partial charge in [0.1, 0.15) is 5.75 Å². The van der Waals surface area contributed by atoms with E-state index < -0.39 is 0 Å². The number of hydrogen-bond acceptors (Lipinski definition) is 2. The zero-order chi connectivity index (χ0) is 13.2. The normalized spacial score (nSPS) is 10.1. The number of carbonyl (C=O) groups excluding carboxylic acids is 1. The first-order valence-corrected chi connectivity index (χ1v) is 6.79. The smallest absolute Gasteiger partial charge is 0.224 e. The number of hydrogen-bond donors (Lipinski definition) is 1. The van der Waals surface area contributed by atoms with Crippen LogP contribution >= 0.6 is 0 Å². The zero-order valence-corrected chi connectivity index (χ0v) is 11.4. The van der Waals surface area contributed by atoms with Crippen LogP contribution in [-0.2, 0) is 4.79 Å². The van der Waals surface area contributed by atoms with Gasteiger partial charge in [0.05, 0.1) is 12.3 Å². The summed E-state index contributed by atoms with van der Waals surface area (Å²) in [7, 11) is 0. The van der Waals surface area contributed by atoms with Gasteiger partial charge in [-0.2, -0.15) is 0 Å². The highest BCUT2D eigenvalue weighted by Crippen LogP contribution is 2.23. The van der Waals surface area contributed by atoms with Crippen LogP contribution in [-0.4, -0.2) is 12.5 Å². The van der Waals surface area contributed by atoms with Gasteiger partial charge in [0, 0.05) is 6.42 Å². The van der Waals surface area contributed by atoms with Crippen molar-refractivity contribution >= 4 is 11.6 Å². The highest BCUT2D eigenvalue weighted by Gasteiger charge is 2.06. The van der Waals surface area contributed by atoms with Gasteiger partial charge in [0.25, 0.3) is 0 Å². The molecule has 0 heterocycles. The Morgan fingerprint density at radius 1 is 1.17 bits per heavy atom. The Balaban J connectivity index is 2.43. The number of rotatable bonds is 8. The minimum atomic E-state index is 0.0678. The summed E-state index contributed by atoms with van der Waals surface area (Å²) in [6, 6.07) is 7.54. The Kier molecular flexibility index (Phi) is 6.92. The third-order valence-corrected chi connectivity index (χ3v) is 2.72. The van der Waals surface area contributed by atoms with E-state index in [0.29, 0.717) is 13.0 Å². The minimum absolute atomic E-state index is 0.0678. The van der Waals surface area contributed by atoms with Crippen molar-refractivity contribution in [3.63, 3.8) is 0 Å². The molecular weight excluding hydrogens is 226 g/mol. The molecule has 0 aliphatic heterocycles. The predicted molar refractivity (Wildman–Crippen MR) is 75.0 cm³/mol. The molecule has 0 bridgehead atoms. The molecule has 0 spiro atoms. The summed E-state index contributed by atoms with van der Waals surface area (Å²) >= 11 is 0. The molecular formula is C15H23NO2. The quantitative estimate of drug-likeness (QED) is 0.707.